The lowest BCUT2D eigenvalue weighted by Gasteiger charge is -2.32. The first kappa shape index (κ1) is 30.4. The highest BCUT2D eigenvalue weighted by Crippen LogP contribution is 2.32. The fourth-order valence-corrected chi connectivity index (χ4v) is 4.27. The molecule has 0 heterocycles. The summed E-state index contributed by atoms with van der Waals surface area (Å²) in [6.45, 7) is 13.4. The molecule has 0 aliphatic rings. The Hall–Kier alpha value is -0.610. The molecule has 0 aromatic rings. The summed E-state index contributed by atoms with van der Waals surface area (Å²) < 4.78 is 31.0. The third-order valence-electron chi connectivity index (χ3n) is 5.17. The molecule has 0 spiro atoms. The Morgan fingerprint density at radius 3 is 1.45 bits per heavy atom. The number of allylic oxidation sites excluding steroid dienone is 1. The molecule has 182 valence electrons. The highest BCUT2D eigenvalue weighted by molar-refractivity contribution is 7.64. The summed E-state index contributed by atoms with van der Waals surface area (Å²) in [4.78, 5) is 12.1. The van der Waals surface area contributed by atoms with E-state index < -0.39 is 13.8 Å². The molecule has 0 aliphatic carbocycles. The Kier molecular flexibility index (Phi) is 19.6. The minimum absolute atomic E-state index is 0.180. The lowest BCUT2D eigenvalue weighted by molar-refractivity contribution is -0.381. The average Bonchev–Trinajstić information content (AvgIpc) is 2.76. The van der Waals surface area contributed by atoms with Crippen molar-refractivity contribution in [3.05, 3.63) is 12.2 Å². The van der Waals surface area contributed by atoms with Gasteiger partial charge in [-0.1, -0.05) is 89.7 Å². The van der Waals surface area contributed by atoms with Gasteiger partial charge >= 0.3 is 13.3 Å². The maximum absolute atomic E-state index is 12.4. The maximum atomic E-state index is 12.4. The van der Waals surface area contributed by atoms with Crippen molar-refractivity contribution in [2.75, 3.05) is 26.0 Å². The largest absolute Gasteiger partial charge is 0.420 e. The molecule has 1 unspecified atom stereocenters. The second-order valence-corrected chi connectivity index (χ2v) is 9.96. The van der Waals surface area contributed by atoms with Crippen molar-refractivity contribution in [3.63, 3.8) is 0 Å². The van der Waals surface area contributed by atoms with Gasteiger partial charge in [0.15, 0.2) is 6.16 Å². The fourth-order valence-electron chi connectivity index (χ4n) is 3.16. The van der Waals surface area contributed by atoms with Gasteiger partial charge in [0, 0.05) is 5.57 Å². The number of unbranched alkanes of at least 4 members (excludes halogenated alkanes) is 9. The van der Waals surface area contributed by atoms with Gasteiger partial charge in [-0.3, -0.25) is 0 Å². The van der Waals surface area contributed by atoms with Crippen molar-refractivity contribution in [1.29, 1.82) is 0 Å². The van der Waals surface area contributed by atoms with Crippen molar-refractivity contribution >= 4 is 13.3 Å². The van der Waals surface area contributed by atoms with Gasteiger partial charge in [-0.2, -0.15) is 0 Å². The fraction of sp³-hybridized carbons (Fsp3) is 0.880. The smallest absolute Gasteiger partial charge is 0.327 e. The zero-order valence-corrected chi connectivity index (χ0v) is 21.6. The van der Waals surface area contributed by atoms with E-state index in [4.69, 9.17) is 14.2 Å². The molecule has 0 bridgehead atoms. The van der Waals surface area contributed by atoms with E-state index in [9.17, 15) is 9.36 Å². The lowest BCUT2D eigenvalue weighted by Crippen LogP contribution is -2.41. The molecular weight excluding hydrogens is 411 g/mol. The Bertz CT molecular complexity index is 456. The number of carbonyl (C=O) groups excluding carboxylic acids is 1. The van der Waals surface area contributed by atoms with E-state index >= 15 is 0 Å². The van der Waals surface area contributed by atoms with Gasteiger partial charge in [-0.25, -0.2) is 4.79 Å². The van der Waals surface area contributed by atoms with Crippen molar-refractivity contribution in [2.24, 2.45) is 0 Å². The number of carbonyl (C=O) groups is 1. The van der Waals surface area contributed by atoms with Crippen LogP contribution in [0.4, 0.5) is 0 Å². The van der Waals surface area contributed by atoms with Crippen molar-refractivity contribution in [1.82, 2.24) is 0 Å². The van der Waals surface area contributed by atoms with Crippen molar-refractivity contribution in [2.45, 2.75) is 117 Å². The molecule has 6 heteroatoms. The topological polar surface area (TPSA) is 61.8 Å². The average molecular weight is 460 g/mol. The first-order valence-corrected chi connectivity index (χ1v) is 13.9. The predicted octanol–water partition coefficient (Wildman–Crippen LogP) is 7.75. The summed E-state index contributed by atoms with van der Waals surface area (Å²) in [5.74, 6) is -1.22. The van der Waals surface area contributed by atoms with Crippen molar-refractivity contribution < 1.29 is 23.6 Å². The standard InChI is InChI=1S/C25H48O5P/c1-6-9-12-15-19-28-25(29-20-16-13-10-7-2,30-21-17-14-11-8-3)18-22-31(27)24(26)23(4)5/h4,6-22H2,1-3,5H3/q+1. The molecule has 0 aliphatic heterocycles. The molecule has 1 atom stereocenters. The normalized spacial score (nSPS) is 12.2. The van der Waals surface area contributed by atoms with Gasteiger partial charge in [0.2, 0.25) is 0 Å². The van der Waals surface area contributed by atoms with E-state index in [1.165, 1.54) is 19.3 Å². The zero-order valence-electron chi connectivity index (χ0n) is 20.7. The molecule has 0 aromatic heterocycles. The Morgan fingerprint density at radius 2 is 1.13 bits per heavy atom. The molecule has 5 nitrogen and oxygen atoms in total. The van der Waals surface area contributed by atoms with Crippen LogP contribution >= 0.6 is 7.80 Å². The molecule has 0 saturated heterocycles. The summed E-state index contributed by atoms with van der Waals surface area (Å²) in [5, 5.41) is 0. The van der Waals surface area contributed by atoms with Crippen LogP contribution in [0.25, 0.3) is 0 Å². The predicted molar refractivity (Wildman–Crippen MR) is 130 cm³/mol. The van der Waals surface area contributed by atoms with E-state index in [0.717, 1.165) is 57.8 Å². The van der Waals surface area contributed by atoms with Gasteiger partial charge < -0.3 is 14.2 Å². The number of rotatable bonds is 23. The van der Waals surface area contributed by atoms with Crippen LogP contribution in [0.3, 0.4) is 0 Å². The summed E-state index contributed by atoms with van der Waals surface area (Å²) in [5.41, 5.74) is -0.0501. The minimum Gasteiger partial charge on any atom is -0.327 e. The molecule has 0 amide bonds. The highest BCUT2D eigenvalue weighted by Gasteiger charge is 2.39. The molecule has 31 heavy (non-hydrogen) atoms. The minimum atomic E-state index is -2.05. The van der Waals surface area contributed by atoms with Crippen LogP contribution < -0.4 is 0 Å². The van der Waals surface area contributed by atoms with Gasteiger partial charge in [0.05, 0.1) is 26.2 Å². The first-order valence-electron chi connectivity index (χ1n) is 12.5. The van der Waals surface area contributed by atoms with E-state index in [2.05, 4.69) is 27.4 Å². The number of ether oxygens (including phenoxy) is 3. The van der Waals surface area contributed by atoms with Crippen LogP contribution in [0.5, 0.6) is 0 Å². The second-order valence-electron chi connectivity index (χ2n) is 8.35. The molecule has 0 saturated carbocycles. The van der Waals surface area contributed by atoms with Crippen LogP contribution in [0.15, 0.2) is 12.2 Å². The lowest BCUT2D eigenvalue weighted by atomic mass is 10.2. The summed E-state index contributed by atoms with van der Waals surface area (Å²) >= 11 is 0. The Morgan fingerprint density at radius 1 is 0.742 bits per heavy atom. The summed E-state index contributed by atoms with van der Waals surface area (Å²) in [7, 11) is -2.05. The first-order chi connectivity index (χ1) is 14.9. The third-order valence-corrected chi connectivity index (χ3v) is 6.64. The Labute approximate surface area is 192 Å². The van der Waals surface area contributed by atoms with Crippen LogP contribution in [-0.4, -0.2) is 37.5 Å². The zero-order chi connectivity index (χ0) is 23.4. The quantitative estimate of drug-likeness (QED) is 0.0676. The molecule has 0 fully saturated rings. The van der Waals surface area contributed by atoms with E-state index in [-0.39, 0.29) is 18.1 Å². The van der Waals surface area contributed by atoms with Crippen LogP contribution in [-0.2, 0) is 23.6 Å². The van der Waals surface area contributed by atoms with E-state index in [1.54, 1.807) is 6.92 Å². The van der Waals surface area contributed by atoms with Gasteiger partial charge in [-0.15, -0.1) is 0 Å². The number of hydrogen-bond acceptors (Lipinski definition) is 5. The SMILES string of the molecule is C=C(C)C(=O)[P+](=O)CCC(OCCCCCC)(OCCCCCC)OCCCCCC. The third kappa shape index (κ3) is 15.8. The van der Waals surface area contributed by atoms with Gasteiger partial charge in [0.1, 0.15) is 0 Å². The second kappa shape index (κ2) is 20.0. The van der Waals surface area contributed by atoms with Crippen LogP contribution in [0, 0.1) is 0 Å². The van der Waals surface area contributed by atoms with Gasteiger partial charge in [-0.05, 0) is 26.2 Å². The van der Waals surface area contributed by atoms with Crippen LogP contribution in [0.1, 0.15) is 111 Å². The van der Waals surface area contributed by atoms with E-state index in [0.29, 0.717) is 25.4 Å². The molecule has 0 radical (unpaired) electrons. The molecule has 0 rings (SSSR count). The van der Waals surface area contributed by atoms with Crippen LogP contribution in [0.2, 0.25) is 0 Å². The maximum Gasteiger partial charge on any atom is 0.420 e. The van der Waals surface area contributed by atoms with E-state index in [1.807, 2.05) is 0 Å². The van der Waals surface area contributed by atoms with Gasteiger partial charge in [0.25, 0.3) is 5.97 Å². The summed E-state index contributed by atoms with van der Waals surface area (Å²) in [6.07, 6.45) is 13.6. The van der Waals surface area contributed by atoms with Crippen molar-refractivity contribution in [3.8, 4) is 0 Å². The summed E-state index contributed by atoms with van der Waals surface area (Å²) in [6, 6.07) is 0. The monoisotopic (exact) mass is 459 g/mol. The molecule has 0 aromatic carbocycles. The molecular formula is C25H48O5P+. The number of hydrogen-bond donors (Lipinski definition) is 0. The Balaban J connectivity index is 5.09. The molecule has 0 N–H and O–H groups in total. The highest BCUT2D eigenvalue weighted by atomic mass is 31.1.